The van der Waals surface area contributed by atoms with Crippen LogP contribution in [0.1, 0.15) is 24.9 Å². The predicted octanol–water partition coefficient (Wildman–Crippen LogP) is 6.13. The Morgan fingerprint density at radius 1 is 1.15 bits per heavy atom. The minimum atomic E-state index is -0.0145. The number of phenols is 1. The Kier molecular flexibility index (Phi) is 5.35. The van der Waals surface area contributed by atoms with E-state index in [1.54, 1.807) is 6.07 Å². The number of nitrogens with one attached hydrogen (secondary N) is 1. The second-order valence-corrected chi connectivity index (χ2v) is 6.67. The smallest absolute Gasteiger partial charge is 0.120 e. The van der Waals surface area contributed by atoms with Crippen LogP contribution in [-0.4, -0.2) is 5.11 Å². The summed E-state index contributed by atoms with van der Waals surface area (Å²) in [5.41, 5.74) is 1.69. The lowest BCUT2D eigenvalue weighted by Crippen LogP contribution is -2.10. The molecule has 0 saturated carbocycles. The van der Waals surface area contributed by atoms with Crippen LogP contribution in [0, 0.1) is 0 Å². The van der Waals surface area contributed by atoms with Crippen molar-refractivity contribution >= 4 is 49.1 Å². The van der Waals surface area contributed by atoms with E-state index in [9.17, 15) is 5.11 Å². The third kappa shape index (κ3) is 3.68. The van der Waals surface area contributed by atoms with Crippen molar-refractivity contribution in [3.8, 4) is 5.75 Å². The first kappa shape index (κ1) is 15.7. The van der Waals surface area contributed by atoms with Crippen molar-refractivity contribution in [3.05, 3.63) is 55.9 Å². The number of phenolic OH excluding ortho intramolecular Hbond substituents is 1. The number of anilines is 1. The molecule has 0 aliphatic rings. The van der Waals surface area contributed by atoms with Gasteiger partial charge in [0.15, 0.2) is 0 Å². The van der Waals surface area contributed by atoms with Gasteiger partial charge < -0.3 is 10.4 Å². The van der Waals surface area contributed by atoms with Gasteiger partial charge >= 0.3 is 0 Å². The molecule has 0 bridgehead atoms. The predicted molar refractivity (Wildman–Crippen MR) is 91.6 cm³/mol. The van der Waals surface area contributed by atoms with Crippen LogP contribution in [0.15, 0.2) is 45.3 Å². The van der Waals surface area contributed by atoms with E-state index in [-0.39, 0.29) is 11.8 Å². The van der Waals surface area contributed by atoms with Crippen molar-refractivity contribution in [2.24, 2.45) is 0 Å². The first-order chi connectivity index (χ1) is 9.51. The number of aromatic hydroxyl groups is 1. The molecule has 0 aliphatic carbocycles. The van der Waals surface area contributed by atoms with Crippen LogP contribution >= 0.6 is 43.5 Å². The highest BCUT2D eigenvalue weighted by atomic mass is 79.9. The van der Waals surface area contributed by atoms with Crippen LogP contribution in [-0.2, 0) is 0 Å². The van der Waals surface area contributed by atoms with Gasteiger partial charge in [0.25, 0.3) is 0 Å². The summed E-state index contributed by atoms with van der Waals surface area (Å²) >= 11 is 13.1. The molecule has 2 aromatic carbocycles. The molecule has 106 valence electrons. The SMILES string of the molecule is CCC(Nc1cc(Br)ccc1Cl)c1cc(Br)ccc1O. The summed E-state index contributed by atoms with van der Waals surface area (Å²) in [5, 5.41) is 14.1. The van der Waals surface area contributed by atoms with Crippen LogP contribution in [0.5, 0.6) is 5.75 Å². The van der Waals surface area contributed by atoms with Crippen LogP contribution in [0.2, 0.25) is 5.02 Å². The minimum absolute atomic E-state index is 0.0145. The monoisotopic (exact) mass is 417 g/mol. The van der Waals surface area contributed by atoms with E-state index in [2.05, 4.69) is 44.1 Å². The topological polar surface area (TPSA) is 32.3 Å². The molecule has 0 heterocycles. The zero-order valence-corrected chi connectivity index (χ0v) is 14.8. The average Bonchev–Trinajstić information content (AvgIpc) is 2.42. The van der Waals surface area contributed by atoms with E-state index < -0.39 is 0 Å². The maximum absolute atomic E-state index is 10.0. The van der Waals surface area contributed by atoms with E-state index in [4.69, 9.17) is 11.6 Å². The van der Waals surface area contributed by atoms with Crippen molar-refractivity contribution in [1.82, 2.24) is 0 Å². The minimum Gasteiger partial charge on any atom is -0.508 e. The second-order valence-electron chi connectivity index (χ2n) is 4.43. The molecule has 0 fully saturated rings. The molecular weight excluding hydrogens is 405 g/mol. The number of halogens is 3. The second kappa shape index (κ2) is 6.83. The Morgan fingerprint density at radius 2 is 1.80 bits per heavy atom. The molecule has 0 spiro atoms. The highest BCUT2D eigenvalue weighted by Gasteiger charge is 2.15. The number of hydrogen-bond acceptors (Lipinski definition) is 2. The fourth-order valence-electron chi connectivity index (χ4n) is 2.00. The Bertz CT molecular complexity index is 619. The summed E-state index contributed by atoms with van der Waals surface area (Å²) in [6.45, 7) is 2.06. The summed E-state index contributed by atoms with van der Waals surface area (Å²) in [6.07, 6.45) is 0.826. The first-order valence-corrected chi connectivity index (χ1v) is 8.17. The lowest BCUT2D eigenvalue weighted by atomic mass is 10.0. The molecule has 0 radical (unpaired) electrons. The van der Waals surface area contributed by atoms with E-state index >= 15 is 0 Å². The summed E-state index contributed by atoms with van der Waals surface area (Å²) in [7, 11) is 0. The molecule has 1 atom stereocenters. The molecule has 0 saturated heterocycles. The molecule has 2 rings (SSSR count). The average molecular weight is 420 g/mol. The zero-order valence-electron chi connectivity index (χ0n) is 10.8. The third-order valence-corrected chi connectivity index (χ3v) is 4.35. The Balaban J connectivity index is 2.33. The van der Waals surface area contributed by atoms with Gasteiger partial charge in [0.1, 0.15) is 5.75 Å². The third-order valence-electron chi connectivity index (χ3n) is 3.03. The summed E-state index contributed by atoms with van der Waals surface area (Å²) in [5.74, 6) is 0.277. The number of hydrogen-bond donors (Lipinski definition) is 2. The summed E-state index contributed by atoms with van der Waals surface area (Å²) in [6, 6.07) is 11.1. The van der Waals surface area contributed by atoms with Crippen molar-refractivity contribution in [1.29, 1.82) is 0 Å². The highest BCUT2D eigenvalue weighted by molar-refractivity contribution is 9.10. The van der Waals surface area contributed by atoms with Gasteiger partial charge in [0, 0.05) is 14.5 Å². The lowest BCUT2D eigenvalue weighted by Gasteiger charge is -2.21. The van der Waals surface area contributed by atoms with Crippen LogP contribution in [0.25, 0.3) is 0 Å². The van der Waals surface area contributed by atoms with Gasteiger partial charge in [-0.1, -0.05) is 50.4 Å². The lowest BCUT2D eigenvalue weighted by molar-refractivity contribution is 0.462. The van der Waals surface area contributed by atoms with Crippen LogP contribution in [0.3, 0.4) is 0 Å². The van der Waals surface area contributed by atoms with E-state index in [1.165, 1.54) is 0 Å². The molecule has 2 aromatic rings. The number of rotatable bonds is 4. The van der Waals surface area contributed by atoms with Crippen molar-refractivity contribution in [2.75, 3.05) is 5.32 Å². The van der Waals surface area contributed by atoms with Gasteiger partial charge in [-0.2, -0.15) is 0 Å². The molecular formula is C15H14Br2ClNO. The van der Waals surface area contributed by atoms with E-state index in [1.807, 2.05) is 30.3 Å². The maximum atomic E-state index is 10.0. The molecule has 2 nitrogen and oxygen atoms in total. The van der Waals surface area contributed by atoms with Crippen molar-refractivity contribution < 1.29 is 5.11 Å². The molecule has 5 heteroatoms. The van der Waals surface area contributed by atoms with Gasteiger partial charge in [-0.25, -0.2) is 0 Å². The largest absolute Gasteiger partial charge is 0.508 e. The quantitative estimate of drug-likeness (QED) is 0.624. The van der Waals surface area contributed by atoms with Gasteiger partial charge in [0.2, 0.25) is 0 Å². The fourth-order valence-corrected chi connectivity index (χ4v) is 2.91. The molecule has 1 unspecified atom stereocenters. The summed E-state index contributed by atoms with van der Waals surface area (Å²) in [4.78, 5) is 0. The first-order valence-electron chi connectivity index (χ1n) is 6.21. The normalized spacial score (nSPS) is 12.2. The fraction of sp³-hybridized carbons (Fsp3) is 0.200. The zero-order chi connectivity index (χ0) is 14.7. The van der Waals surface area contributed by atoms with E-state index in [0.717, 1.165) is 26.6 Å². The molecule has 0 aliphatic heterocycles. The van der Waals surface area contributed by atoms with Crippen molar-refractivity contribution in [2.45, 2.75) is 19.4 Å². The van der Waals surface area contributed by atoms with Gasteiger partial charge in [-0.05, 0) is 42.8 Å². The van der Waals surface area contributed by atoms with Gasteiger partial charge in [-0.15, -0.1) is 0 Å². The Hall–Kier alpha value is -0.710. The van der Waals surface area contributed by atoms with Crippen LogP contribution in [0.4, 0.5) is 5.69 Å². The van der Waals surface area contributed by atoms with Gasteiger partial charge in [0.05, 0.1) is 16.8 Å². The Morgan fingerprint density at radius 3 is 2.50 bits per heavy atom. The standard InChI is InChI=1S/C15H14Br2ClNO/c1-2-13(11-7-9(16)4-6-15(11)20)19-14-8-10(17)3-5-12(14)18/h3-8,13,19-20H,2H2,1H3. The van der Waals surface area contributed by atoms with Crippen molar-refractivity contribution in [3.63, 3.8) is 0 Å². The van der Waals surface area contributed by atoms with Gasteiger partial charge in [-0.3, -0.25) is 0 Å². The molecule has 0 amide bonds. The molecule has 2 N–H and O–H groups in total. The molecule has 0 aromatic heterocycles. The summed E-state index contributed by atoms with van der Waals surface area (Å²) < 4.78 is 1.89. The number of benzene rings is 2. The maximum Gasteiger partial charge on any atom is 0.120 e. The Labute approximate surface area is 140 Å². The molecule has 20 heavy (non-hydrogen) atoms. The highest BCUT2D eigenvalue weighted by Crippen LogP contribution is 2.34. The van der Waals surface area contributed by atoms with Crippen LogP contribution < -0.4 is 5.32 Å². The van der Waals surface area contributed by atoms with E-state index in [0.29, 0.717) is 5.02 Å².